The Balaban J connectivity index is 1.95. The topological polar surface area (TPSA) is 47.9 Å². The number of aliphatic hydroxyl groups is 1. The average Bonchev–Trinajstić information content (AvgIpc) is 2.37. The summed E-state index contributed by atoms with van der Waals surface area (Å²) < 4.78 is 16.5. The first-order valence-electron chi connectivity index (χ1n) is 6.65. The lowest BCUT2D eigenvalue weighted by atomic mass is 9.88. The third kappa shape index (κ3) is 3.26. The van der Waals surface area contributed by atoms with Crippen molar-refractivity contribution < 1.29 is 19.3 Å². The second-order valence-corrected chi connectivity index (χ2v) is 5.01. The van der Waals surface area contributed by atoms with E-state index in [4.69, 9.17) is 14.2 Å². The zero-order valence-electron chi connectivity index (χ0n) is 11.8. The summed E-state index contributed by atoms with van der Waals surface area (Å²) in [6.07, 6.45) is -0.155. The van der Waals surface area contributed by atoms with Gasteiger partial charge in [-0.3, -0.25) is 0 Å². The Morgan fingerprint density at radius 2 is 1.89 bits per heavy atom. The van der Waals surface area contributed by atoms with Crippen LogP contribution in [0.3, 0.4) is 0 Å². The van der Waals surface area contributed by atoms with E-state index in [9.17, 15) is 5.11 Å². The van der Waals surface area contributed by atoms with Crippen LogP contribution < -0.4 is 4.74 Å². The highest BCUT2D eigenvalue weighted by Crippen LogP contribution is 2.32. The van der Waals surface area contributed by atoms with Crippen molar-refractivity contribution in [1.29, 1.82) is 0 Å². The Bertz CT molecular complexity index is 398. The van der Waals surface area contributed by atoms with Crippen LogP contribution in [0.2, 0.25) is 0 Å². The third-order valence-electron chi connectivity index (χ3n) is 3.50. The number of rotatable bonds is 6. The van der Waals surface area contributed by atoms with E-state index in [0.29, 0.717) is 19.6 Å². The van der Waals surface area contributed by atoms with Gasteiger partial charge in [0.1, 0.15) is 18.0 Å². The minimum absolute atomic E-state index is 0.0772. The molecule has 0 aliphatic heterocycles. The number of aliphatic hydroxyl groups excluding tert-OH is 1. The van der Waals surface area contributed by atoms with Gasteiger partial charge in [-0.15, -0.1) is 0 Å². The highest BCUT2D eigenvalue weighted by atomic mass is 16.6. The maximum Gasteiger partial charge on any atom is 0.130 e. The average molecular weight is 266 g/mol. The first-order chi connectivity index (χ1) is 9.13. The first-order valence-corrected chi connectivity index (χ1v) is 6.65. The van der Waals surface area contributed by atoms with Gasteiger partial charge in [0.25, 0.3) is 0 Å². The maximum atomic E-state index is 9.75. The summed E-state index contributed by atoms with van der Waals surface area (Å²) in [7, 11) is 1.63. The molecular weight excluding hydrogens is 244 g/mol. The van der Waals surface area contributed by atoms with Crippen LogP contribution in [-0.2, 0) is 9.47 Å². The zero-order valence-corrected chi connectivity index (χ0v) is 11.8. The van der Waals surface area contributed by atoms with Crippen molar-refractivity contribution in [3.63, 3.8) is 0 Å². The van der Waals surface area contributed by atoms with E-state index in [-0.39, 0.29) is 12.2 Å². The Morgan fingerprint density at radius 1 is 1.21 bits per heavy atom. The van der Waals surface area contributed by atoms with E-state index in [1.165, 1.54) is 0 Å². The number of hydrogen-bond donors (Lipinski definition) is 1. The lowest BCUT2D eigenvalue weighted by Crippen LogP contribution is -2.55. The minimum atomic E-state index is -0.439. The molecule has 4 heteroatoms. The lowest BCUT2D eigenvalue weighted by molar-refractivity contribution is -0.167. The van der Waals surface area contributed by atoms with E-state index < -0.39 is 6.10 Å². The normalized spacial score (nSPS) is 26.0. The van der Waals surface area contributed by atoms with Crippen LogP contribution >= 0.6 is 0 Å². The molecule has 0 heterocycles. The fourth-order valence-electron chi connectivity index (χ4n) is 2.30. The number of aryl methyl sites for hydroxylation is 2. The van der Waals surface area contributed by atoms with Gasteiger partial charge in [0.05, 0.1) is 19.3 Å². The van der Waals surface area contributed by atoms with Crippen molar-refractivity contribution >= 4 is 0 Å². The molecular formula is C15H22O4. The molecule has 19 heavy (non-hydrogen) atoms. The smallest absolute Gasteiger partial charge is 0.130 e. The third-order valence-corrected chi connectivity index (χ3v) is 3.50. The van der Waals surface area contributed by atoms with Gasteiger partial charge in [-0.2, -0.15) is 0 Å². The van der Waals surface area contributed by atoms with E-state index >= 15 is 0 Å². The largest absolute Gasteiger partial charge is 0.487 e. The van der Waals surface area contributed by atoms with Gasteiger partial charge in [0, 0.05) is 13.5 Å². The molecule has 3 atom stereocenters. The molecule has 1 fully saturated rings. The zero-order chi connectivity index (χ0) is 13.8. The monoisotopic (exact) mass is 266 g/mol. The molecule has 2 rings (SSSR count). The molecule has 0 radical (unpaired) electrons. The van der Waals surface area contributed by atoms with Gasteiger partial charge in [-0.1, -0.05) is 18.2 Å². The van der Waals surface area contributed by atoms with Crippen molar-refractivity contribution in [2.75, 3.05) is 20.3 Å². The minimum Gasteiger partial charge on any atom is -0.487 e. The standard InChI is InChI=1S/C15H22O4/c1-10-5-4-6-11(2)14(10)19-13-9-12(16)15(13)18-8-7-17-3/h4-6,12-13,15-16H,7-9H2,1-3H3. The molecule has 0 amide bonds. The maximum absolute atomic E-state index is 9.75. The van der Waals surface area contributed by atoms with E-state index in [1.54, 1.807) is 7.11 Å². The van der Waals surface area contributed by atoms with Gasteiger partial charge < -0.3 is 19.3 Å². The molecule has 1 aliphatic rings. The predicted molar refractivity (Wildman–Crippen MR) is 72.6 cm³/mol. The molecule has 0 aromatic heterocycles. The van der Waals surface area contributed by atoms with Gasteiger partial charge in [0.15, 0.2) is 0 Å². The second kappa shape index (κ2) is 6.37. The number of hydrogen-bond acceptors (Lipinski definition) is 4. The molecule has 106 valence electrons. The van der Waals surface area contributed by atoms with E-state index in [0.717, 1.165) is 16.9 Å². The van der Waals surface area contributed by atoms with Gasteiger partial charge in [0.2, 0.25) is 0 Å². The van der Waals surface area contributed by atoms with E-state index in [2.05, 4.69) is 0 Å². The Kier molecular flexibility index (Phi) is 4.80. The van der Waals surface area contributed by atoms with Gasteiger partial charge in [-0.25, -0.2) is 0 Å². The second-order valence-electron chi connectivity index (χ2n) is 5.01. The molecule has 1 N–H and O–H groups in total. The van der Waals surface area contributed by atoms with E-state index in [1.807, 2.05) is 32.0 Å². The Labute approximate surface area is 114 Å². The lowest BCUT2D eigenvalue weighted by Gasteiger charge is -2.41. The molecule has 1 aliphatic carbocycles. The summed E-state index contributed by atoms with van der Waals surface area (Å²) in [6, 6.07) is 6.07. The summed E-state index contributed by atoms with van der Waals surface area (Å²) in [5.74, 6) is 0.903. The van der Waals surface area contributed by atoms with Crippen LogP contribution in [0, 0.1) is 13.8 Å². The van der Waals surface area contributed by atoms with Crippen LogP contribution in [0.15, 0.2) is 18.2 Å². The number of methoxy groups -OCH3 is 1. The molecule has 4 nitrogen and oxygen atoms in total. The molecule has 1 saturated carbocycles. The van der Waals surface area contributed by atoms with Crippen molar-refractivity contribution in [2.24, 2.45) is 0 Å². The predicted octanol–water partition coefficient (Wildman–Crippen LogP) is 1.85. The molecule has 0 bridgehead atoms. The van der Waals surface area contributed by atoms with Crippen molar-refractivity contribution in [2.45, 2.75) is 38.6 Å². The van der Waals surface area contributed by atoms with Gasteiger partial charge >= 0.3 is 0 Å². The van der Waals surface area contributed by atoms with Crippen molar-refractivity contribution in [1.82, 2.24) is 0 Å². The highest BCUT2D eigenvalue weighted by molar-refractivity contribution is 5.40. The fourth-order valence-corrected chi connectivity index (χ4v) is 2.30. The van der Waals surface area contributed by atoms with Crippen molar-refractivity contribution in [3.8, 4) is 5.75 Å². The number of benzene rings is 1. The van der Waals surface area contributed by atoms with Crippen LogP contribution in [0.25, 0.3) is 0 Å². The molecule has 0 spiro atoms. The van der Waals surface area contributed by atoms with Crippen LogP contribution in [-0.4, -0.2) is 43.7 Å². The summed E-state index contributed by atoms with van der Waals surface area (Å²) in [6.45, 7) is 5.06. The summed E-state index contributed by atoms with van der Waals surface area (Å²) in [5, 5.41) is 9.75. The summed E-state index contributed by atoms with van der Waals surface area (Å²) in [4.78, 5) is 0. The first kappa shape index (κ1) is 14.3. The molecule has 3 unspecified atom stereocenters. The van der Waals surface area contributed by atoms with Crippen LogP contribution in [0.5, 0.6) is 5.75 Å². The Hall–Kier alpha value is -1.10. The summed E-state index contributed by atoms with van der Waals surface area (Å²) in [5.41, 5.74) is 2.22. The Morgan fingerprint density at radius 3 is 2.47 bits per heavy atom. The number of para-hydroxylation sites is 1. The summed E-state index contributed by atoms with van der Waals surface area (Å²) >= 11 is 0. The molecule has 1 aromatic carbocycles. The number of ether oxygens (including phenoxy) is 3. The quantitative estimate of drug-likeness (QED) is 0.798. The fraction of sp³-hybridized carbons (Fsp3) is 0.600. The molecule has 1 aromatic rings. The van der Waals surface area contributed by atoms with Crippen LogP contribution in [0.1, 0.15) is 17.5 Å². The SMILES string of the molecule is COCCOC1C(O)CC1Oc1c(C)cccc1C. The van der Waals surface area contributed by atoms with Gasteiger partial charge in [-0.05, 0) is 25.0 Å². The highest BCUT2D eigenvalue weighted by Gasteiger charge is 2.43. The van der Waals surface area contributed by atoms with Crippen LogP contribution in [0.4, 0.5) is 0 Å². The van der Waals surface area contributed by atoms with Crippen molar-refractivity contribution in [3.05, 3.63) is 29.3 Å². The molecule has 0 saturated heterocycles.